The highest BCUT2D eigenvalue weighted by atomic mass is 19.4. The Morgan fingerprint density at radius 1 is 1.38 bits per heavy atom. The second kappa shape index (κ2) is 4.63. The topological polar surface area (TPSA) is 29.5 Å². The molecule has 0 saturated heterocycles. The molecule has 0 aliphatic heterocycles. The Labute approximate surface area is 91.7 Å². The van der Waals surface area contributed by atoms with Crippen LogP contribution in [-0.2, 0) is 6.18 Å². The van der Waals surface area contributed by atoms with Gasteiger partial charge in [0.05, 0.1) is 6.10 Å². The Morgan fingerprint density at radius 3 is 2.50 bits per heavy atom. The summed E-state index contributed by atoms with van der Waals surface area (Å²) in [6.45, 7) is 3.63. The minimum atomic E-state index is -4.57. The first-order valence-corrected chi connectivity index (χ1v) is 4.91. The number of hydrogen-bond acceptors (Lipinski definition) is 2. The van der Waals surface area contributed by atoms with E-state index < -0.39 is 17.5 Å². The number of phenolic OH excluding ortho intramolecular Hbond substituents is 1. The molecule has 0 saturated carbocycles. The molecule has 1 aromatic carbocycles. The maximum Gasteiger partial charge on any atom is 0.420 e. The third-order valence-corrected chi connectivity index (χ3v) is 2.19. The number of hydrogen-bond donors (Lipinski definition) is 1. The van der Waals surface area contributed by atoms with Crippen LogP contribution in [-0.4, -0.2) is 11.2 Å². The van der Waals surface area contributed by atoms with E-state index in [1.54, 1.807) is 6.92 Å². The lowest BCUT2D eigenvalue weighted by Crippen LogP contribution is -2.11. The van der Waals surface area contributed by atoms with E-state index in [9.17, 15) is 13.2 Å². The molecule has 1 rings (SSSR count). The first-order valence-electron chi connectivity index (χ1n) is 4.91. The van der Waals surface area contributed by atoms with Crippen molar-refractivity contribution >= 4 is 0 Å². The van der Waals surface area contributed by atoms with Crippen molar-refractivity contribution < 1.29 is 23.0 Å². The molecular formula is C11H13F3O2. The molecule has 0 fully saturated rings. The number of rotatable bonds is 3. The van der Waals surface area contributed by atoms with E-state index in [0.717, 1.165) is 12.1 Å². The highest BCUT2D eigenvalue weighted by molar-refractivity contribution is 5.41. The quantitative estimate of drug-likeness (QED) is 0.866. The molecule has 1 N–H and O–H groups in total. The molecule has 16 heavy (non-hydrogen) atoms. The van der Waals surface area contributed by atoms with Crippen LogP contribution in [0.4, 0.5) is 13.2 Å². The van der Waals surface area contributed by atoms with E-state index in [-0.39, 0.29) is 11.9 Å². The van der Waals surface area contributed by atoms with Crippen LogP contribution in [0.15, 0.2) is 18.2 Å². The number of benzene rings is 1. The molecule has 0 amide bonds. The Morgan fingerprint density at radius 2 is 2.00 bits per heavy atom. The molecule has 0 spiro atoms. The molecule has 0 radical (unpaired) electrons. The predicted molar refractivity (Wildman–Crippen MR) is 53.5 cm³/mol. The largest absolute Gasteiger partial charge is 0.507 e. The van der Waals surface area contributed by atoms with Gasteiger partial charge in [-0.3, -0.25) is 0 Å². The van der Waals surface area contributed by atoms with E-state index in [2.05, 4.69) is 0 Å². The molecule has 0 aliphatic carbocycles. The monoisotopic (exact) mass is 234 g/mol. The molecule has 1 aromatic rings. The second-order valence-corrected chi connectivity index (χ2v) is 3.51. The zero-order valence-corrected chi connectivity index (χ0v) is 9.01. The van der Waals surface area contributed by atoms with E-state index in [1.807, 2.05) is 6.92 Å². The van der Waals surface area contributed by atoms with Crippen LogP contribution in [0, 0.1) is 0 Å². The summed E-state index contributed by atoms with van der Waals surface area (Å²) < 4.78 is 42.5. The third-order valence-electron chi connectivity index (χ3n) is 2.19. The molecule has 5 heteroatoms. The van der Waals surface area contributed by atoms with Gasteiger partial charge in [-0.05, 0) is 31.5 Å². The summed E-state index contributed by atoms with van der Waals surface area (Å²) in [5, 5.41) is 9.09. The number of aromatic hydroxyl groups is 1. The van der Waals surface area contributed by atoms with E-state index in [1.165, 1.54) is 6.07 Å². The maximum atomic E-state index is 12.4. The van der Waals surface area contributed by atoms with Crippen LogP contribution >= 0.6 is 0 Å². The highest BCUT2D eigenvalue weighted by Crippen LogP contribution is 2.37. The van der Waals surface area contributed by atoms with E-state index in [0.29, 0.717) is 6.42 Å². The lowest BCUT2D eigenvalue weighted by atomic mass is 10.2. The number of ether oxygens (including phenoxy) is 1. The summed E-state index contributed by atoms with van der Waals surface area (Å²) in [5.74, 6) is -0.677. The summed E-state index contributed by atoms with van der Waals surface area (Å²) in [7, 11) is 0. The number of halogens is 3. The average molecular weight is 234 g/mol. The first kappa shape index (κ1) is 12.7. The van der Waals surface area contributed by atoms with Crippen LogP contribution < -0.4 is 4.74 Å². The standard InChI is InChI=1S/C11H13F3O2/c1-3-7(2)16-8-4-5-10(15)9(6-8)11(12,13)14/h4-7,15H,3H2,1-2H3. The zero-order chi connectivity index (χ0) is 12.3. The van der Waals surface area contributed by atoms with Crippen LogP contribution in [0.1, 0.15) is 25.8 Å². The Kier molecular flexibility index (Phi) is 3.67. The second-order valence-electron chi connectivity index (χ2n) is 3.51. The lowest BCUT2D eigenvalue weighted by molar-refractivity contribution is -0.138. The molecule has 0 heterocycles. The fraction of sp³-hybridized carbons (Fsp3) is 0.455. The molecule has 0 aromatic heterocycles. The van der Waals surface area contributed by atoms with Gasteiger partial charge in [-0.1, -0.05) is 6.92 Å². The number of alkyl halides is 3. The van der Waals surface area contributed by atoms with Gasteiger partial charge in [0.25, 0.3) is 0 Å². The molecule has 90 valence electrons. The number of phenols is 1. The fourth-order valence-corrected chi connectivity index (χ4v) is 1.13. The fourth-order valence-electron chi connectivity index (χ4n) is 1.13. The van der Waals surface area contributed by atoms with Crippen molar-refractivity contribution in [1.82, 2.24) is 0 Å². The summed E-state index contributed by atoms with van der Waals surface area (Å²) in [6.07, 6.45) is -4.04. The van der Waals surface area contributed by atoms with Gasteiger partial charge >= 0.3 is 6.18 Å². The third kappa shape index (κ3) is 3.05. The average Bonchev–Trinajstić information content (AvgIpc) is 2.19. The first-order chi connectivity index (χ1) is 7.34. The van der Waals surface area contributed by atoms with Gasteiger partial charge in [0, 0.05) is 0 Å². The van der Waals surface area contributed by atoms with E-state index in [4.69, 9.17) is 9.84 Å². The summed E-state index contributed by atoms with van der Waals surface area (Å²) in [6, 6.07) is 3.11. The maximum absolute atomic E-state index is 12.4. The molecule has 0 bridgehead atoms. The van der Waals surface area contributed by atoms with Crippen molar-refractivity contribution in [3.63, 3.8) is 0 Å². The van der Waals surface area contributed by atoms with Crippen molar-refractivity contribution in [2.24, 2.45) is 0 Å². The van der Waals surface area contributed by atoms with Crippen molar-refractivity contribution in [1.29, 1.82) is 0 Å². The van der Waals surface area contributed by atoms with Crippen molar-refractivity contribution in [2.45, 2.75) is 32.5 Å². The normalized spacial score (nSPS) is 13.6. The van der Waals surface area contributed by atoms with Crippen molar-refractivity contribution in [3.05, 3.63) is 23.8 Å². The van der Waals surface area contributed by atoms with Gasteiger partial charge in [0.2, 0.25) is 0 Å². The summed E-state index contributed by atoms with van der Waals surface area (Å²) >= 11 is 0. The van der Waals surface area contributed by atoms with Gasteiger partial charge in [-0.2, -0.15) is 13.2 Å². The Hall–Kier alpha value is -1.39. The van der Waals surface area contributed by atoms with E-state index >= 15 is 0 Å². The molecule has 0 aliphatic rings. The minimum absolute atomic E-state index is 0.111. The van der Waals surface area contributed by atoms with Gasteiger partial charge in [0.1, 0.15) is 17.1 Å². The van der Waals surface area contributed by atoms with Crippen LogP contribution in [0.25, 0.3) is 0 Å². The summed E-state index contributed by atoms with van der Waals surface area (Å²) in [4.78, 5) is 0. The molecule has 1 unspecified atom stereocenters. The van der Waals surface area contributed by atoms with Crippen LogP contribution in [0.3, 0.4) is 0 Å². The molecule has 2 nitrogen and oxygen atoms in total. The smallest absolute Gasteiger partial charge is 0.420 e. The van der Waals surface area contributed by atoms with Gasteiger partial charge < -0.3 is 9.84 Å². The molecule has 1 atom stereocenters. The molecular weight excluding hydrogens is 221 g/mol. The zero-order valence-electron chi connectivity index (χ0n) is 9.01. The predicted octanol–water partition coefficient (Wildman–Crippen LogP) is 3.59. The van der Waals surface area contributed by atoms with Crippen LogP contribution in [0.2, 0.25) is 0 Å². The lowest BCUT2D eigenvalue weighted by Gasteiger charge is -2.15. The van der Waals surface area contributed by atoms with Crippen molar-refractivity contribution in [3.8, 4) is 11.5 Å². The SMILES string of the molecule is CCC(C)Oc1ccc(O)c(C(F)(F)F)c1. The Bertz CT molecular complexity index is 361. The summed E-state index contributed by atoms with van der Waals surface area (Å²) in [5.41, 5.74) is -1.08. The van der Waals surface area contributed by atoms with Crippen molar-refractivity contribution in [2.75, 3.05) is 0 Å². The van der Waals surface area contributed by atoms with Gasteiger partial charge in [-0.25, -0.2) is 0 Å². The minimum Gasteiger partial charge on any atom is -0.507 e. The Balaban J connectivity index is 2.99. The van der Waals surface area contributed by atoms with Gasteiger partial charge in [0.15, 0.2) is 0 Å². The van der Waals surface area contributed by atoms with Crippen LogP contribution in [0.5, 0.6) is 11.5 Å². The van der Waals surface area contributed by atoms with Gasteiger partial charge in [-0.15, -0.1) is 0 Å². The highest BCUT2D eigenvalue weighted by Gasteiger charge is 2.34.